The molecule has 0 unspecified atom stereocenters. The molecule has 4 nitrogen and oxygen atoms in total. The van der Waals surface area contributed by atoms with Crippen molar-refractivity contribution >= 4 is 22.3 Å². The zero-order chi connectivity index (χ0) is 14.8. The van der Waals surface area contributed by atoms with Crippen LogP contribution in [0.15, 0.2) is 58.8 Å². The quantitative estimate of drug-likeness (QED) is 0.681. The Morgan fingerprint density at radius 3 is 2.48 bits per heavy atom. The van der Waals surface area contributed by atoms with Gasteiger partial charge in [-0.15, -0.1) is 5.11 Å². The Balaban J connectivity index is 2.08. The highest BCUT2D eigenvalue weighted by Gasteiger charge is 2.14. The van der Waals surface area contributed by atoms with Gasteiger partial charge in [0.05, 0.1) is 11.2 Å². The first-order valence-corrected chi connectivity index (χ1v) is 6.68. The highest BCUT2D eigenvalue weighted by Crippen LogP contribution is 2.39. The number of rotatable bonds is 3. The summed E-state index contributed by atoms with van der Waals surface area (Å²) >= 11 is 0. The topological polar surface area (TPSA) is 49.9 Å². The molecule has 0 atom stereocenters. The summed E-state index contributed by atoms with van der Waals surface area (Å²) in [7, 11) is 0. The molecule has 0 aliphatic heterocycles. The third-order valence-corrected chi connectivity index (χ3v) is 3.33. The zero-order valence-corrected chi connectivity index (χ0v) is 11.5. The Bertz CT molecular complexity index is 806. The summed E-state index contributed by atoms with van der Waals surface area (Å²) in [6.45, 7) is 2.59. The van der Waals surface area contributed by atoms with Crippen LogP contribution in [0.25, 0.3) is 10.9 Å². The minimum Gasteiger partial charge on any atom is -0.493 e. The van der Waals surface area contributed by atoms with E-state index in [0.717, 1.165) is 10.9 Å². The second kappa shape index (κ2) is 5.36. The van der Waals surface area contributed by atoms with Gasteiger partial charge in [0.2, 0.25) is 5.88 Å². The number of para-hydroxylation sites is 1. The van der Waals surface area contributed by atoms with E-state index in [-0.39, 0.29) is 11.7 Å². The van der Waals surface area contributed by atoms with Gasteiger partial charge in [-0.25, -0.2) is 4.39 Å². The number of aromatic hydroxyl groups is 1. The summed E-state index contributed by atoms with van der Waals surface area (Å²) < 4.78 is 14.6. The van der Waals surface area contributed by atoms with Crippen LogP contribution in [0.1, 0.15) is 6.92 Å². The molecule has 0 aliphatic rings. The van der Waals surface area contributed by atoms with Crippen LogP contribution in [0.3, 0.4) is 0 Å². The number of nitrogens with zero attached hydrogens (tertiary/aromatic N) is 3. The molecule has 2 aromatic carbocycles. The maximum absolute atomic E-state index is 12.9. The van der Waals surface area contributed by atoms with Gasteiger partial charge >= 0.3 is 0 Å². The molecule has 1 N–H and O–H groups in total. The Morgan fingerprint density at radius 2 is 1.76 bits per heavy atom. The van der Waals surface area contributed by atoms with Gasteiger partial charge in [-0.2, -0.15) is 5.11 Å². The number of hydrogen-bond acceptors (Lipinski definition) is 3. The summed E-state index contributed by atoms with van der Waals surface area (Å²) in [4.78, 5) is 0. The molecular formula is C16H14FN3O. The van der Waals surface area contributed by atoms with Crippen LogP contribution in [0, 0.1) is 5.82 Å². The van der Waals surface area contributed by atoms with E-state index in [1.807, 2.05) is 31.2 Å². The molecule has 0 spiro atoms. The van der Waals surface area contributed by atoms with E-state index < -0.39 is 0 Å². The molecule has 1 heterocycles. The number of halogens is 1. The van der Waals surface area contributed by atoms with Crippen molar-refractivity contribution in [1.29, 1.82) is 0 Å². The molecule has 3 aromatic rings. The monoisotopic (exact) mass is 283 g/mol. The Labute approximate surface area is 121 Å². The lowest BCUT2D eigenvalue weighted by Crippen LogP contribution is -1.91. The normalized spacial score (nSPS) is 11.5. The van der Waals surface area contributed by atoms with E-state index in [9.17, 15) is 9.50 Å². The molecule has 0 saturated heterocycles. The summed E-state index contributed by atoms with van der Waals surface area (Å²) in [5.41, 5.74) is 1.87. The van der Waals surface area contributed by atoms with Gasteiger partial charge in [-0.1, -0.05) is 18.2 Å². The molecule has 0 fully saturated rings. The maximum atomic E-state index is 12.9. The van der Waals surface area contributed by atoms with Crippen LogP contribution in [-0.4, -0.2) is 9.67 Å². The minimum atomic E-state index is -0.320. The molecular weight excluding hydrogens is 269 g/mol. The fraction of sp³-hybridized carbons (Fsp3) is 0.125. The fourth-order valence-electron chi connectivity index (χ4n) is 2.31. The molecule has 5 heteroatoms. The van der Waals surface area contributed by atoms with Crippen molar-refractivity contribution in [2.24, 2.45) is 10.2 Å². The summed E-state index contributed by atoms with van der Waals surface area (Å²) in [5.74, 6) is -0.232. The number of hydrogen-bond donors (Lipinski definition) is 1. The third-order valence-electron chi connectivity index (χ3n) is 3.33. The van der Waals surface area contributed by atoms with Crippen LogP contribution >= 0.6 is 0 Å². The van der Waals surface area contributed by atoms with Crippen molar-refractivity contribution in [3.63, 3.8) is 0 Å². The largest absolute Gasteiger partial charge is 0.493 e. The number of fused-ring (bicyclic) bond motifs is 1. The van der Waals surface area contributed by atoms with Crippen molar-refractivity contribution < 1.29 is 9.50 Å². The van der Waals surface area contributed by atoms with Gasteiger partial charge in [0.1, 0.15) is 5.82 Å². The van der Waals surface area contributed by atoms with Crippen molar-refractivity contribution in [1.82, 2.24) is 4.57 Å². The maximum Gasteiger partial charge on any atom is 0.220 e. The highest BCUT2D eigenvalue weighted by atomic mass is 19.1. The highest BCUT2D eigenvalue weighted by molar-refractivity contribution is 5.94. The second-order valence-corrected chi connectivity index (χ2v) is 4.61. The lowest BCUT2D eigenvalue weighted by molar-refractivity contribution is 0.427. The average Bonchev–Trinajstić information content (AvgIpc) is 2.78. The molecule has 21 heavy (non-hydrogen) atoms. The Morgan fingerprint density at radius 1 is 1.05 bits per heavy atom. The van der Waals surface area contributed by atoms with Crippen LogP contribution in [-0.2, 0) is 6.54 Å². The van der Waals surface area contributed by atoms with Gasteiger partial charge in [0.15, 0.2) is 5.69 Å². The fourth-order valence-corrected chi connectivity index (χ4v) is 2.31. The standard InChI is InChI=1S/C16H14FN3O/c1-2-20-14-6-4-3-5-13(14)15(16(20)21)19-18-12-9-7-11(17)8-10-12/h3-10,21H,2H2,1H3. The average molecular weight is 283 g/mol. The number of aromatic nitrogens is 1. The number of aryl methyl sites for hydroxylation is 1. The van der Waals surface area contributed by atoms with E-state index >= 15 is 0 Å². The molecule has 0 radical (unpaired) electrons. The predicted octanol–water partition coefficient (Wildman–Crippen LogP) is 4.92. The van der Waals surface area contributed by atoms with Gasteiger partial charge in [-0.3, -0.25) is 0 Å². The van der Waals surface area contributed by atoms with Gasteiger partial charge in [0.25, 0.3) is 0 Å². The second-order valence-electron chi connectivity index (χ2n) is 4.61. The van der Waals surface area contributed by atoms with Crippen molar-refractivity contribution in [3.05, 3.63) is 54.3 Å². The smallest absolute Gasteiger partial charge is 0.220 e. The van der Waals surface area contributed by atoms with E-state index in [0.29, 0.717) is 17.9 Å². The summed E-state index contributed by atoms with van der Waals surface area (Å²) in [5, 5.41) is 19.3. The number of benzene rings is 2. The molecule has 0 saturated carbocycles. The van der Waals surface area contributed by atoms with Crippen LogP contribution < -0.4 is 0 Å². The first kappa shape index (κ1) is 13.3. The van der Waals surface area contributed by atoms with Crippen molar-refractivity contribution in [2.75, 3.05) is 0 Å². The van der Waals surface area contributed by atoms with E-state index in [4.69, 9.17) is 0 Å². The van der Waals surface area contributed by atoms with Crippen molar-refractivity contribution in [3.8, 4) is 5.88 Å². The van der Waals surface area contributed by atoms with Crippen LogP contribution in [0.4, 0.5) is 15.8 Å². The Hall–Kier alpha value is -2.69. The van der Waals surface area contributed by atoms with E-state index in [1.54, 1.807) is 4.57 Å². The first-order chi connectivity index (χ1) is 10.2. The lowest BCUT2D eigenvalue weighted by atomic mass is 10.2. The van der Waals surface area contributed by atoms with Gasteiger partial charge < -0.3 is 9.67 Å². The van der Waals surface area contributed by atoms with E-state index in [2.05, 4.69) is 10.2 Å². The van der Waals surface area contributed by atoms with E-state index in [1.165, 1.54) is 24.3 Å². The summed E-state index contributed by atoms with van der Waals surface area (Å²) in [6, 6.07) is 13.3. The SMILES string of the molecule is CCn1c(O)c(N=Nc2ccc(F)cc2)c2ccccc21. The third kappa shape index (κ3) is 2.38. The zero-order valence-electron chi connectivity index (χ0n) is 11.5. The van der Waals surface area contributed by atoms with Crippen molar-refractivity contribution in [2.45, 2.75) is 13.5 Å². The Kier molecular flexibility index (Phi) is 3.39. The first-order valence-electron chi connectivity index (χ1n) is 6.68. The molecule has 3 rings (SSSR count). The minimum absolute atomic E-state index is 0.0876. The van der Waals surface area contributed by atoms with Crippen LogP contribution in [0.2, 0.25) is 0 Å². The van der Waals surface area contributed by atoms with Gasteiger partial charge in [0, 0.05) is 11.9 Å². The molecule has 1 aromatic heterocycles. The molecule has 0 amide bonds. The molecule has 0 aliphatic carbocycles. The van der Waals surface area contributed by atoms with Gasteiger partial charge in [-0.05, 0) is 37.3 Å². The number of azo groups is 1. The van der Waals surface area contributed by atoms with Crippen LogP contribution in [0.5, 0.6) is 5.88 Å². The predicted molar refractivity (Wildman–Crippen MR) is 79.9 cm³/mol. The molecule has 106 valence electrons. The lowest BCUT2D eigenvalue weighted by Gasteiger charge is -2.00. The molecule has 0 bridgehead atoms. The summed E-state index contributed by atoms with van der Waals surface area (Å²) in [6.07, 6.45) is 0.